The molecule has 1 aromatic carbocycles. The predicted molar refractivity (Wildman–Crippen MR) is 82.2 cm³/mol. The Morgan fingerprint density at radius 3 is 2.47 bits per heavy atom. The summed E-state index contributed by atoms with van der Waals surface area (Å²) in [5, 5.41) is 0.983. The molecule has 0 unspecified atom stereocenters. The summed E-state index contributed by atoms with van der Waals surface area (Å²) in [4.78, 5) is 0. The van der Waals surface area contributed by atoms with Gasteiger partial charge in [0.25, 0.3) is 0 Å². The first-order chi connectivity index (χ1) is 9.28. The molecule has 0 saturated carbocycles. The topological polar surface area (TPSA) is 18.5 Å². The average Bonchev–Trinajstić information content (AvgIpc) is 2.48. The van der Waals surface area contributed by atoms with Crippen LogP contribution in [0.2, 0.25) is 0 Å². The van der Waals surface area contributed by atoms with Gasteiger partial charge in [-0.25, -0.2) is 0 Å². The van der Waals surface area contributed by atoms with Gasteiger partial charge in [0.05, 0.1) is 6.61 Å². The third kappa shape index (κ3) is 4.22. The fraction of sp³-hybridized carbons (Fsp3) is 0.625. The maximum absolute atomic E-state index is 5.99. The summed E-state index contributed by atoms with van der Waals surface area (Å²) in [7, 11) is 0. The molecule has 0 radical (unpaired) electrons. The lowest BCUT2D eigenvalue weighted by Crippen LogP contribution is -2.36. The van der Waals surface area contributed by atoms with Crippen LogP contribution < -0.4 is 4.74 Å². The second-order valence-electron chi connectivity index (χ2n) is 5.43. The highest BCUT2D eigenvalue weighted by Gasteiger charge is 2.32. The van der Waals surface area contributed by atoms with Gasteiger partial charge in [-0.2, -0.15) is 0 Å². The Labute approximate surface area is 124 Å². The van der Waals surface area contributed by atoms with Crippen molar-refractivity contribution in [3.63, 3.8) is 0 Å². The van der Waals surface area contributed by atoms with Gasteiger partial charge in [-0.05, 0) is 37.0 Å². The maximum Gasteiger partial charge on any atom is 0.119 e. The standard InChI is InChI=1S/C16H23BrO2/c1-2-3-14-4-6-15(7-5-14)19-13-16(12-17)8-10-18-11-9-16/h4-7H,2-3,8-13H2,1H3. The minimum absolute atomic E-state index is 0.236. The average molecular weight is 327 g/mol. The van der Waals surface area contributed by atoms with Crippen LogP contribution in [0.4, 0.5) is 0 Å². The molecule has 1 aromatic rings. The van der Waals surface area contributed by atoms with Crippen LogP contribution in [0.5, 0.6) is 5.75 Å². The van der Waals surface area contributed by atoms with Crippen LogP contribution in [0.1, 0.15) is 31.7 Å². The van der Waals surface area contributed by atoms with Gasteiger partial charge < -0.3 is 9.47 Å². The Balaban J connectivity index is 1.89. The molecule has 0 bridgehead atoms. The van der Waals surface area contributed by atoms with Crippen molar-refractivity contribution < 1.29 is 9.47 Å². The number of hydrogen-bond donors (Lipinski definition) is 0. The van der Waals surface area contributed by atoms with Crippen molar-refractivity contribution in [2.24, 2.45) is 5.41 Å². The first-order valence-electron chi connectivity index (χ1n) is 7.13. The van der Waals surface area contributed by atoms with E-state index in [9.17, 15) is 0 Å². The van der Waals surface area contributed by atoms with Crippen LogP contribution in [0, 0.1) is 5.41 Å². The minimum Gasteiger partial charge on any atom is -0.493 e. The number of ether oxygens (including phenoxy) is 2. The SMILES string of the molecule is CCCc1ccc(OCC2(CBr)CCOCC2)cc1. The van der Waals surface area contributed by atoms with E-state index < -0.39 is 0 Å². The molecule has 0 amide bonds. The molecule has 2 nitrogen and oxygen atoms in total. The van der Waals surface area contributed by atoms with Crippen molar-refractivity contribution in [3.05, 3.63) is 29.8 Å². The van der Waals surface area contributed by atoms with Crippen LogP contribution in [-0.4, -0.2) is 25.2 Å². The van der Waals surface area contributed by atoms with Crippen LogP contribution in [0.25, 0.3) is 0 Å². The van der Waals surface area contributed by atoms with Crippen LogP contribution in [0.3, 0.4) is 0 Å². The Bertz CT molecular complexity index is 369. The normalized spacial score (nSPS) is 18.2. The van der Waals surface area contributed by atoms with E-state index in [0.29, 0.717) is 0 Å². The Morgan fingerprint density at radius 1 is 1.21 bits per heavy atom. The first-order valence-corrected chi connectivity index (χ1v) is 8.26. The highest BCUT2D eigenvalue weighted by molar-refractivity contribution is 9.09. The molecule has 2 rings (SSSR count). The van der Waals surface area contributed by atoms with Gasteiger partial charge in [0, 0.05) is 24.0 Å². The lowest BCUT2D eigenvalue weighted by molar-refractivity contribution is 0.00354. The summed E-state index contributed by atoms with van der Waals surface area (Å²) in [6.07, 6.45) is 4.48. The summed E-state index contributed by atoms with van der Waals surface area (Å²) in [6.45, 7) is 4.68. The molecule has 19 heavy (non-hydrogen) atoms. The quantitative estimate of drug-likeness (QED) is 0.729. The molecule has 1 saturated heterocycles. The van der Waals surface area contributed by atoms with E-state index in [2.05, 4.69) is 47.1 Å². The van der Waals surface area contributed by atoms with Crippen molar-refractivity contribution in [2.45, 2.75) is 32.6 Å². The third-order valence-electron chi connectivity index (χ3n) is 3.84. The van der Waals surface area contributed by atoms with E-state index >= 15 is 0 Å². The number of rotatable bonds is 6. The molecule has 3 heteroatoms. The fourth-order valence-corrected chi connectivity index (χ4v) is 3.12. The van der Waals surface area contributed by atoms with Crippen molar-refractivity contribution >= 4 is 15.9 Å². The molecular formula is C16H23BrO2. The molecule has 1 heterocycles. The fourth-order valence-electron chi connectivity index (χ4n) is 2.40. The van der Waals surface area contributed by atoms with Gasteiger partial charge in [-0.15, -0.1) is 0 Å². The summed E-state index contributed by atoms with van der Waals surface area (Å²) >= 11 is 3.64. The zero-order chi connectivity index (χ0) is 13.6. The summed E-state index contributed by atoms with van der Waals surface area (Å²) < 4.78 is 11.4. The van der Waals surface area contributed by atoms with Crippen molar-refractivity contribution in [3.8, 4) is 5.75 Å². The third-order valence-corrected chi connectivity index (χ3v) is 5.03. The molecule has 106 valence electrons. The van der Waals surface area contributed by atoms with E-state index in [1.54, 1.807) is 0 Å². The molecule has 0 aliphatic carbocycles. The highest BCUT2D eigenvalue weighted by Crippen LogP contribution is 2.33. The van der Waals surface area contributed by atoms with E-state index in [1.807, 2.05) is 0 Å². The largest absolute Gasteiger partial charge is 0.493 e. The smallest absolute Gasteiger partial charge is 0.119 e. The number of hydrogen-bond acceptors (Lipinski definition) is 2. The predicted octanol–water partition coefficient (Wildman–Crippen LogP) is 4.21. The van der Waals surface area contributed by atoms with Gasteiger partial charge in [-0.3, -0.25) is 0 Å². The van der Waals surface area contributed by atoms with E-state index in [1.165, 1.54) is 12.0 Å². The molecule has 1 fully saturated rings. The lowest BCUT2D eigenvalue weighted by Gasteiger charge is -2.35. The van der Waals surface area contributed by atoms with Crippen LogP contribution in [0.15, 0.2) is 24.3 Å². The zero-order valence-electron chi connectivity index (χ0n) is 11.7. The van der Waals surface area contributed by atoms with Crippen LogP contribution in [-0.2, 0) is 11.2 Å². The maximum atomic E-state index is 5.99. The first kappa shape index (κ1) is 14.9. The molecule has 0 spiro atoms. The van der Waals surface area contributed by atoms with Crippen molar-refractivity contribution in [1.29, 1.82) is 0 Å². The van der Waals surface area contributed by atoms with Crippen molar-refractivity contribution in [1.82, 2.24) is 0 Å². The Kier molecular flexibility index (Phi) is 5.71. The van der Waals surface area contributed by atoms with Gasteiger partial charge >= 0.3 is 0 Å². The summed E-state index contributed by atoms with van der Waals surface area (Å²) in [5.74, 6) is 0.978. The number of aryl methyl sites for hydroxylation is 1. The lowest BCUT2D eigenvalue weighted by atomic mass is 9.83. The Morgan fingerprint density at radius 2 is 1.89 bits per heavy atom. The zero-order valence-corrected chi connectivity index (χ0v) is 13.2. The molecule has 0 atom stereocenters. The minimum atomic E-state index is 0.236. The van der Waals surface area contributed by atoms with Gasteiger partial charge in [0.1, 0.15) is 5.75 Å². The van der Waals surface area contributed by atoms with E-state index in [-0.39, 0.29) is 5.41 Å². The monoisotopic (exact) mass is 326 g/mol. The van der Waals surface area contributed by atoms with Crippen molar-refractivity contribution in [2.75, 3.05) is 25.2 Å². The van der Waals surface area contributed by atoms with Gasteiger partial charge in [-0.1, -0.05) is 41.4 Å². The molecule has 0 N–H and O–H groups in total. The second kappa shape index (κ2) is 7.30. The Hall–Kier alpha value is -0.540. The van der Waals surface area contributed by atoms with E-state index in [0.717, 1.165) is 50.2 Å². The number of halogens is 1. The highest BCUT2D eigenvalue weighted by atomic mass is 79.9. The molecular weight excluding hydrogens is 304 g/mol. The summed E-state index contributed by atoms with van der Waals surface area (Å²) in [5.41, 5.74) is 1.62. The second-order valence-corrected chi connectivity index (χ2v) is 5.99. The molecule has 1 aliphatic rings. The molecule has 1 aliphatic heterocycles. The number of benzene rings is 1. The summed E-state index contributed by atoms with van der Waals surface area (Å²) in [6, 6.07) is 8.52. The van der Waals surface area contributed by atoms with Gasteiger partial charge in [0.2, 0.25) is 0 Å². The van der Waals surface area contributed by atoms with E-state index in [4.69, 9.17) is 9.47 Å². The van der Waals surface area contributed by atoms with Gasteiger partial charge in [0.15, 0.2) is 0 Å². The van der Waals surface area contributed by atoms with Crippen LogP contribution >= 0.6 is 15.9 Å². The molecule has 0 aromatic heterocycles. The number of alkyl halides is 1.